The molecule has 0 heterocycles. The normalized spacial score (nSPS) is 23.9. The first kappa shape index (κ1) is 13.5. The molecular weight excluding hydrogens is 200 g/mol. The molecule has 1 unspecified atom stereocenters. The lowest BCUT2D eigenvalue weighted by molar-refractivity contribution is -0.130. The molecule has 0 spiro atoms. The number of rotatable bonds is 4. The third-order valence-corrected chi connectivity index (χ3v) is 4.76. The molecule has 0 aromatic rings. The second kappa shape index (κ2) is 4.02. The molecule has 3 heteroatoms. The lowest BCUT2D eigenvalue weighted by Crippen LogP contribution is -2.42. The maximum absolute atomic E-state index is 11.7. The molecule has 3 nitrogen and oxygen atoms in total. The van der Waals surface area contributed by atoms with Crippen LogP contribution in [0.3, 0.4) is 0 Å². The number of carbonyl (C=O) groups is 1. The highest BCUT2D eigenvalue weighted by atomic mass is 16.2. The summed E-state index contributed by atoms with van der Waals surface area (Å²) in [5.74, 6) is 0.814. The molecule has 1 atom stereocenters. The Balaban J connectivity index is 2.41. The van der Waals surface area contributed by atoms with Crippen LogP contribution in [-0.4, -0.2) is 37.5 Å². The summed E-state index contributed by atoms with van der Waals surface area (Å²) >= 11 is 0. The average molecular weight is 226 g/mol. The van der Waals surface area contributed by atoms with E-state index in [1.165, 1.54) is 0 Å². The predicted octanol–water partition coefficient (Wildman–Crippen LogP) is 1.73. The highest BCUT2D eigenvalue weighted by Crippen LogP contribution is 2.67. The number of hydrogen-bond acceptors (Lipinski definition) is 2. The molecule has 94 valence electrons. The maximum Gasteiger partial charge on any atom is 0.238 e. The lowest BCUT2D eigenvalue weighted by atomic mass is 10.0. The molecule has 0 bridgehead atoms. The summed E-state index contributed by atoms with van der Waals surface area (Å²) in [6.07, 6.45) is 0. The van der Waals surface area contributed by atoms with E-state index in [-0.39, 0.29) is 11.9 Å². The van der Waals surface area contributed by atoms with Gasteiger partial charge in [0.2, 0.25) is 5.91 Å². The van der Waals surface area contributed by atoms with E-state index in [1.54, 1.807) is 19.0 Å². The molecule has 1 aliphatic carbocycles. The maximum atomic E-state index is 11.7. The Bertz CT molecular complexity index is 268. The van der Waals surface area contributed by atoms with E-state index in [9.17, 15) is 4.79 Å². The van der Waals surface area contributed by atoms with Gasteiger partial charge in [-0.1, -0.05) is 27.7 Å². The molecule has 0 aromatic carbocycles. The molecule has 1 fully saturated rings. The van der Waals surface area contributed by atoms with Gasteiger partial charge in [0.05, 0.1) is 6.04 Å². The van der Waals surface area contributed by atoms with Crippen LogP contribution in [0.1, 0.15) is 34.6 Å². The third-order valence-electron chi connectivity index (χ3n) is 4.76. The lowest BCUT2D eigenvalue weighted by Gasteiger charge is -2.18. The van der Waals surface area contributed by atoms with Crippen molar-refractivity contribution in [1.82, 2.24) is 10.2 Å². The Labute approximate surface area is 99.6 Å². The van der Waals surface area contributed by atoms with E-state index in [2.05, 4.69) is 33.0 Å². The Morgan fingerprint density at radius 1 is 1.25 bits per heavy atom. The van der Waals surface area contributed by atoms with Crippen molar-refractivity contribution in [1.29, 1.82) is 0 Å². The van der Waals surface area contributed by atoms with Gasteiger partial charge < -0.3 is 10.2 Å². The van der Waals surface area contributed by atoms with Crippen molar-refractivity contribution in [2.45, 2.75) is 40.7 Å². The minimum Gasteiger partial charge on any atom is -0.347 e. The Morgan fingerprint density at radius 3 is 2.00 bits per heavy atom. The molecule has 0 aliphatic heterocycles. The van der Waals surface area contributed by atoms with Crippen molar-refractivity contribution in [3.63, 3.8) is 0 Å². The van der Waals surface area contributed by atoms with Gasteiger partial charge in [-0.3, -0.25) is 4.79 Å². The highest BCUT2D eigenvalue weighted by molar-refractivity contribution is 5.80. The second-order valence-electron chi connectivity index (χ2n) is 6.36. The molecule has 0 saturated heterocycles. The van der Waals surface area contributed by atoms with Crippen molar-refractivity contribution in [2.24, 2.45) is 16.7 Å². The van der Waals surface area contributed by atoms with Crippen molar-refractivity contribution < 1.29 is 4.79 Å². The molecule has 1 saturated carbocycles. The first-order valence-corrected chi connectivity index (χ1v) is 6.07. The van der Waals surface area contributed by atoms with Crippen LogP contribution in [0.5, 0.6) is 0 Å². The summed E-state index contributed by atoms with van der Waals surface area (Å²) in [5, 5.41) is 3.35. The smallest absolute Gasteiger partial charge is 0.238 e. The van der Waals surface area contributed by atoms with Crippen LogP contribution >= 0.6 is 0 Å². The monoisotopic (exact) mass is 226 g/mol. The predicted molar refractivity (Wildman–Crippen MR) is 67.2 cm³/mol. The first-order chi connectivity index (χ1) is 7.12. The molecule has 1 rings (SSSR count). The van der Waals surface area contributed by atoms with Gasteiger partial charge in [-0.25, -0.2) is 0 Å². The summed E-state index contributed by atoms with van der Waals surface area (Å²) in [4.78, 5) is 13.3. The number of carbonyl (C=O) groups excluding carboxylic acids is 1. The first-order valence-electron chi connectivity index (χ1n) is 6.07. The Morgan fingerprint density at radius 2 is 1.69 bits per heavy atom. The van der Waals surface area contributed by atoms with E-state index in [0.717, 1.165) is 6.54 Å². The van der Waals surface area contributed by atoms with Crippen LogP contribution in [0.2, 0.25) is 0 Å². The summed E-state index contributed by atoms with van der Waals surface area (Å²) < 4.78 is 0. The fourth-order valence-electron chi connectivity index (χ4n) is 2.61. The van der Waals surface area contributed by atoms with Crippen LogP contribution in [0.15, 0.2) is 0 Å². The van der Waals surface area contributed by atoms with Crippen molar-refractivity contribution in [3.05, 3.63) is 0 Å². The number of likely N-dealkylation sites (N-methyl/N-ethyl adjacent to an activating group) is 1. The fourth-order valence-corrected chi connectivity index (χ4v) is 2.61. The SMILES string of the molecule is CC(NCC1C(C)(C)C1(C)C)C(=O)N(C)C. The number of hydrogen-bond donors (Lipinski definition) is 1. The van der Waals surface area contributed by atoms with E-state index in [1.807, 2.05) is 6.92 Å². The van der Waals surface area contributed by atoms with Crippen LogP contribution in [0.25, 0.3) is 0 Å². The van der Waals surface area contributed by atoms with Crippen LogP contribution in [-0.2, 0) is 4.79 Å². The van der Waals surface area contributed by atoms with E-state index < -0.39 is 0 Å². The molecule has 0 aromatic heterocycles. The van der Waals surface area contributed by atoms with Gasteiger partial charge in [-0.2, -0.15) is 0 Å². The van der Waals surface area contributed by atoms with Gasteiger partial charge in [0.1, 0.15) is 0 Å². The minimum absolute atomic E-state index is 0.0813. The van der Waals surface area contributed by atoms with Crippen LogP contribution in [0.4, 0.5) is 0 Å². The largest absolute Gasteiger partial charge is 0.347 e. The zero-order valence-electron chi connectivity index (χ0n) is 11.7. The Kier molecular flexibility index (Phi) is 3.39. The second-order valence-corrected chi connectivity index (χ2v) is 6.36. The topological polar surface area (TPSA) is 32.3 Å². The molecule has 1 aliphatic rings. The summed E-state index contributed by atoms with van der Waals surface area (Å²) in [5.41, 5.74) is 0.780. The minimum atomic E-state index is -0.0813. The van der Waals surface area contributed by atoms with E-state index >= 15 is 0 Å². The number of amides is 1. The van der Waals surface area contributed by atoms with Crippen molar-refractivity contribution in [3.8, 4) is 0 Å². The van der Waals surface area contributed by atoms with Crippen molar-refractivity contribution in [2.75, 3.05) is 20.6 Å². The summed E-state index contributed by atoms with van der Waals surface area (Å²) in [6.45, 7) is 12.1. The van der Waals surface area contributed by atoms with Gasteiger partial charge in [0.15, 0.2) is 0 Å². The van der Waals surface area contributed by atoms with Gasteiger partial charge in [0.25, 0.3) is 0 Å². The van der Waals surface area contributed by atoms with Gasteiger partial charge >= 0.3 is 0 Å². The fraction of sp³-hybridized carbons (Fsp3) is 0.923. The zero-order valence-corrected chi connectivity index (χ0v) is 11.7. The number of nitrogens with one attached hydrogen (secondary N) is 1. The van der Waals surface area contributed by atoms with Crippen molar-refractivity contribution >= 4 is 5.91 Å². The number of nitrogens with zero attached hydrogens (tertiary/aromatic N) is 1. The molecule has 1 N–H and O–H groups in total. The van der Waals surface area contributed by atoms with Gasteiger partial charge in [-0.05, 0) is 30.2 Å². The molecule has 1 amide bonds. The third kappa shape index (κ3) is 2.10. The van der Waals surface area contributed by atoms with Gasteiger partial charge in [0, 0.05) is 14.1 Å². The Hall–Kier alpha value is -0.570. The highest BCUT2D eigenvalue weighted by Gasteiger charge is 2.63. The van der Waals surface area contributed by atoms with Crippen LogP contribution in [0, 0.1) is 16.7 Å². The molecule has 0 radical (unpaired) electrons. The van der Waals surface area contributed by atoms with Gasteiger partial charge in [-0.15, -0.1) is 0 Å². The average Bonchev–Trinajstić information content (AvgIpc) is 2.53. The zero-order chi connectivity index (χ0) is 12.7. The molecule has 16 heavy (non-hydrogen) atoms. The van der Waals surface area contributed by atoms with E-state index in [4.69, 9.17) is 0 Å². The summed E-state index contributed by atoms with van der Waals surface area (Å²) in [6, 6.07) is -0.0813. The van der Waals surface area contributed by atoms with E-state index in [0.29, 0.717) is 16.7 Å². The van der Waals surface area contributed by atoms with Crippen LogP contribution < -0.4 is 5.32 Å². The standard InChI is InChI=1S/C13H26N2O/c1-9(11(16)15(6)7)14-8-10-12(2,3)13(10,4)5/h9-10,14H,8H2,1-7H3. The summed E-state index contributed by atoms with van der Waals surface area (Å²) in [7, 11) is 3.59. The quantitative estimate of drug-likeness (QED) is 0.792. The molecular formula is C13H26N2O.